The zero-order chi connectivity index (χ0) is 15.4. The van der Waals surface area contributed by atoms with E-state index in [4.69, 9.17) is 5.73 Å². The first-order valence-electron chi connectivity index (χ1n) is 7.27. The Bertz CT molecular complexity index is 635. The summed E-state index contributed by atoms with van der Waals surface area (Å²) < 4.78 is 0. The highest BCUT2D eigenvalue weighted by Crippen LogP contribution is 2.27. The van der Waals surface area contributed by atoms with Gasteiger partial charge in [0.1, 0.15) is 6.10 Å². The van der Waals surface area contributed by atoms with Gasteiger partial charge in [-0.25, -0.2) is 0 Å². The fraction of sp³-hybridized carbons (Fsp3) is 0.278. The Hall–Kier alpha value is -2.13. The molecule has 110 valence electrons. The Balaban J connectivity index is 2.44. The maximum absolute atomic E-state index is 12.6. The van der Waals surface area contributed by atoms with Crippen LogP contribution < -0.4 is 5.73 Å². The molecule has 2 aromatic rings. The van der Waals surface area contributed by atoms with Gasteiger partial charge in [0.2, 0.25) is 0 Å². The number of aliphatic hydroxyl groups is 1. The normalized spacial score (nSPS) is 12.1. The van der Waals surface area contributed by atoms with Gasteiger partial charge in [-0.1, -0.05) is 44.2 Å². The van der Waals surface area contributed by atoms with Crippen molar-refractivity contribution in [2.24, 2.45) is 0 Å². The summed E-state index contributed by atoms with van der Waals surface area (Å²) in [5.41, 5.74) is 9.82. The van der Waals surface area contributed by atoms with Gasteiger partial charge in [0.15, 0.2) is 5.78 Å². The third kappa shape index (κ3) is 2.98. The Labute approximate surface area is 125 Å². The van der Waals surface area contributed by atoms with Gasteiger partial charge in [-0.15, -0.1) is 0 Å². The average molecular weight is 283 g/mol. The summed E-state index contributed by atoms with van der Waals surface area (Å²) in [5.74, 6) is -0.271. The molecular formula is C18H21NO2. The topological polar surface area (TPSA) is 63.3 Å². The Morgan fingerprint density at radius 3 is 2.24 bits per heavy atom. The number of benzene rings is 2. The third-order valence-electron chi connectivity index (χ3n) is 3.80. The number of Topliss-reactive ketones (excluding diaryl/α,β-unsaturated/α-hetero) is 1. The molecule has 1 unspecified atom stereocenters. The van der Waals surface area contributed by atoms with Crippen molar-refractivity contribution in [1.82, 2.24) is 0 Å². The molecule has 0 aromatic heterocycles. The first-order valence-corrected chi connectivity index (χ1v) is 7.27. The molecule has 0 amide bonds. The van der Waals surface area contributed by atoms with Gasteiger partial charge in [0.25, 0.3) is 0 Å². The summed E-state index contributed by atoms with van der Waals surface area (Å²) in [6.45, 7) is 4.02. The maximum Gasteiger partial charge on any atom is 0.196 e. The molecule has 1 atom stereocenters. The lowest BCUT2D eigenvalue weighted by atomic mass is 9.90. The zero-order valence-corrected chi connectivity index (χ0v) is 12.5. The van der Waals surface area contributed by atoms with Gasteiger partial charge in [0.05, 0.1) is 0 Å². The van der Waals surface area contributed by atoms with Crippen LogP contribution in [0.2, 0.25) is 0 Å². The van der Waals surface area contributed by atoms with Crippen LogP contribution in [0.25, 0.3) is 0 Å². The minimum absolute atomic E-state index is 0.271. The van der Waals surface area contributed by atoms with E-state index in [0.29, 0.717) is 16.8 Å². The summed E-state index contributed by atoms with van der Waals surface area (Å²) in [6.07, 6.45) is 0.360. The number of hydrogen-bond donors (Lipinski definition) is 2. The van der Waals surface area contributed by atoms with Crippen LogP contribution in [-0.4, -0.2) is 10.9 Å². The van der Waals surface area contributed by atoms with Crippen molar-refractivity contribution in [1.29, 1.82) is 0 Å². The van der Waals surface area contributed by atoms with Crippen LogP contribution in [0.15, 0.2) is 42.5 Å². The molecule has 0 bridgehead atoms. The molecular weight excluding hydrogens is 262 g/mol. The smallest absolute Gasteiger partial charge is 0.196 e. The molecule has 0 aliphatic carbocycles. The van der Waals surface area contributed by atoms with Gasteiger partial charge >= 0.3 is 0 Å². The lowest BCUT2D eigenvalue weighted by molar-refractivity contribution is 0.0746. The van der Waals surface area contributed by atoms with Gasteiger partial charge < -0.3 is 10.8 Å². The molecule has 3 N–H and O–H groups in total. The summed E-state index contributed by atoms with van der Waals surface area (Å²) in [5, 5.41) is 10.3. The van der Waals surface area contributed by atoms with Crippen molar-refractivity contribution >= 4 is 11.5 Å². The molecule has 3 nitrogen and oxygen atoms in total. The largest absolute Gasteiger partial charge is 0.398 e. The average Bonchev–Trinajstić information content (AvgIpc) is 2.53. The highest BCUT2D eigenvalue weighted by Gasteiger charge is 2.22. The molecule has 2 rings (SSSR count). The minimum atomic E-state index is -1.13. The molecule has 0 saturated heterocycles. The summed E-state index contributed by atoms with van der Waals surface area (Å²) in [4.78, 5) is 12.6. The number of ketones is 1. The number of rotatable bonds is 5. The molecule has 0 heterocycles. The molecule has 0 radical (unpaired) electrons. The minimum Gasteiger partial charge on any atom is -0.398 e. The number of carbonyl (C=O) groups excluding carboxylic acids is 1. The van der Waals surface area contributed by atoms with Gasteiger partial charge in [-0.2, -0.15) is 0 Å². The monoisotopic (exact) mass is 283 g/mol. The predicted molar refractivity (Wildman–Crippen MR) is 85.3 cm³/mol. The van der Waals surface area contributed by atoms with Gasteiger partial charge in [-0.05, 0) is 41.7 Å². The number of hydrogen-bond acceptors (Lipinski definition) is 3. The van der Waals surface area contributed by atoms with Crippen LogP contribution in [0.1, 0.15) is 47.0 Å². The number of nitrogens with two attached hydrogens (primary N) is 1. The quantitative estimate of drug-likeness (QED) is 0.653. The van der Waals surface area contributed by atoms with Crippen LogP contribution in [-0.2, 0) is 12.8 Å². The second kappa shape index (κ2) is 6.55. The molecule has 0 fully saturated rings. The van der Waals surface area contributed by atoms with Crippen molar-refractivity contribution in [3.8, 4) is 0 Å². The van der Waals surface area contributed by atoms with E-state index >= 15 is 0 Å². The number of carbonyl (C=O) groups is 1. The molecule has 3 heteroatoms. The first kappa shape index (κ1) is 15.3. The van der Waals surface area contributed by atoms with Crippen LogP contribution in [0.5, 0.6) is 0 Å². The Morgan fingerprint density at radius 2 is 1.67 bits per heavy atom. The fourth-order valence-electron chi connectivity index (χ4n) is 2.70. The zero-order valence-electron chi connectivity index (χ0n) is 12.5. The molecule has 0 spiro atoms. The van der Waals surface area contributed by atoms with E-state index < -0.39 is 6.10 Å². The Morgan fingerprint density at radius 1 is 1.05 bits per heavy atom. The van der Waals surface area contributed by atoms with E-state index in [0.717, 1.165) is 24.0 Å². The molecule has 2 aromatic carbocycles. The van der Waals surface area contributed by atoms with E-state index in [-0.39, 0.29) is 5.78 Å². The van der Waals surface area contributed by atoms with E-state index in [1.54, 1.807) is 24.3 Å². The SMILES string of the molecule is CCc1c(N)ccc(C(=O)C(O)c2ccccc2)c1CC. The second-order valence-corrected chi connectivity index (χ2v) is 5.04. The third-order valence-corrected chi connectivity index (χ3v) is 3.80. The predicted octanol–water partition coefficient (Wildman–Crippen LogP) is 3.31. The maximum atomic E-state index is 12.6. The van der Waals surface area contributed by atoms with Crippen molar-refractivity contribution in [3.05, 3.63) is 64.7 Å². The molecule has 21 heavy (non-hydrogen) atoms. The Kier molecular flexibility index (Phi) is 4.76. The van der Waals surface area contributed by atoms with Crippen molar-refractivity contribution in [2.45, 2.75) is 32.8 Å². The lowest BCUT2D eigenvalue weighted by Crippen LogP contribution is -2.16. The second-order valence-electron chi connectivity index (χ2n) is 5.04. The highest BCUT2D eigenvalue weighted by molar-refractivity contribution is 6.01. The number of nitrogen functional groups attached to an aromatic ring is 1. The first-order chi connectivity index (χ1) is 10.1. The van der Waals surface area contributed by atoms with E-state index in [1.807, 2.05) is 32.0 Å². The molecule has 0 saturated carbocycles. The molecule has 0 aliphatic heterocycles. The van der Waals surface area contributed by atoms with E-state index in [9.17, 15) is 9.90 Å². The van der Waals surface area contributed by atoms with Crippen molar-refractivity contribution in [2.75, 3.05) is 5.73 Å². The summed E-state index contributed by atoms with van der Waals surface area (Å²) in [6, 6.07) is 12.5. The molecule has 0 aliphatic rings. The van der Waals surface area contributed by atoms with E-state index in [1.165, 1.54) is 0 Å². The van der Waals surface area contributed by atoms with Crippen LogP contribution in [0, 0.1) is 0 Å². The standard InChI is InChI=1S/C18H21NO2/c1-3-13-14(4-2)16(19)11-10-15(13)18(21)17(20)12-8-6-5-7-9-12/h5-11,17,20H,3-4,19H2,1-2H3. The highest BCUT2D eigenvalue weighted by atomic mass is 16.3. The van der Waals surface area contributed by atoms with Gasteiger partial charge in [0, 0.05) is 11.3 Å². The fourth-order valence-corrected chi connectivity index (χ4v) is 2.70. The summed E-state index contributed by atoms with van der Waals surface area (Å²) >= 11 is 0. The number of anilines is 1. The van der Waals surface area contributed by atoms with Gasteiger partial charge in [-0.3, -0.25) is 4.79 Å². The van der Waals surface area contributed by atoms with Crippen molar-refractivity contribution < 1.29 is 9.90 Å². The van der Waals surface area contributed by atoms with Crippen LogP contribution in [0.4, 0.5) is 5.69 Å². The summed E-state index contributed by atoms with van der Waals surface area (Å²) in [7, 11) is 0. The number of aliphatic hydroxyl groups excluding tert-OH is 1. The van der Waals surface area contributed by atoms with Crippen molar-refractivity contribution in [3.63, 3.8) is 0 Å². The van der Waals surface area contributed by atoms with Crippen LogP contribution in [0.3, 0.4) is 0 Å². The van der Waals surface area contributed by atoms with Crippen LogP contribution >= 0.6 is 0 Å². The lowest BCUT2D eigenvalue weighted by Gasteiger charge is -2.17. The van der Waals surface area contributed by atoms with E-state index in [2.05, 4.69) is 0 Å².